The molecule has 22 nitrogen and oxygen atoms in total. The molecule has 0 saturated carbocycles. The van der Waals surface area contributed by atoms with Gasteiger partial charge in [0.05, 0.1) is 37.3 Å². The number of carbonyl (C=O) groups is 4. The molecule has 422 valence electrons. The van der Waals surface area contributed by atoms with Crippen LogP contribution < -0.4 is 40.8 Å². The highest BCUT2D eigenvalue weighted by molar-refractivity contribution is 5.91. The first-order valence-corrected chi connectivity index (χ1v) is 27.4. The van der Waals surface area contributed by atoms with Gasteiger partial charge in [-0.05, 0) is 80.8 Å². The number of methoxy groups -OCH3 is 1. The smallest absolute Gasteiger partial charge is 0.317 e. The van der Waals surface area contributed by atoms with Gasteiger partial charge in [-0.3, -0.25) is 28.5 Å². The van der Waals surface area contributed by atoms with E-state index in [0.717, 1.165) is 35.2 Å². The Kier molecular flexibility index (Phi) is 14.8. The quantitative estimate of drug-likeness (QED) is 0.132. The number of likely N-dealkylation sites (tertiary alicyclic amines) is 2. The molecule has 0 spiro atoms. The number of urea groups is 1. The molecule has 0 atom stereocenters. The standard InChI is InChI=1S/C56H67F2N15O7/c1-32-25-61-55(64-50(32)63-38-20-35-22-46(80-31-47(74)59-2)54(77)67(5)48(35)45(23-38)79-6)69-15-9-33(10-16-69)52(75)71-28-37(29-71)53(76)68-17-11-39(12-18-68)73-43-13-19-70(56(78)60-3)30-42(43)51(65-73)72-14-7-8-34-21-40(36-26-62-66(4)27-36)41(49(57)58)24-44(34)72/h20-27,33,37,39,49H,7-19,28-31H2,1-6H3,(H,59,74)(H,60,78)(H,61,63,64). The minimum Gasteiger partial charge on any atom is -0.494 e. The summed E-state index contributed by atoms with van der Waals surface area (Å²) in [7, 11) is 8.01. The van der Waals surface area contributed by atoms with E-state index in [4.69, 9.17) is 19.6 Å². The first-order valence-electron chi connectivity index (χ1n) is 27.4. The number of aromatic nitrogens is 7. The van der Waals surface area contributed by atoms with E-state index in [-0.39, 0.29) is 59.6 Å². The van der Waals surface area contributed by atoms with Crippen molar-refractivity contribution in [1.29, 1.82) is 0 Å². The van der Waals surface area contributed by atoms with Crippen LogP contribution in [0, 0.1) is 18.8 Å². The molecule has 3 fully saturated rings. The van der Waals surface area contributed by atoms with Gasteiger partial charge in [0, 0.05) is 156 Å². The molecular weight excluding hydrogens is 1030 g/mol. The number of ether oxygens (including phenoxy) is 2. The molecule has 5 aliphatic heterocycles. The Morgan fingerprint density at radius 1 is 0.838 bits per heavy atom. The summed E-state index contributed by atoms with van der Waals surface area (Å²) in [6.45, 7) is 6.02. The Morgan fingerprint density at radius 3 is 2.30 bits per heavy atom. The molecule has 3 saturated heterocycles. The molecule has 4 aromatic heterocycles. The molecule has 0 radical (unpaired) electrons. The first kappa shape index (κ1) is 53.7. The fourth-order valence-corrected chi connectivity index (χ4v) is 12.1. The van der Waals surface area contributed by atoms with E-state index in [1.54, 1.807) is 67.5 Å². The van der Waals surface area contributed by atoms with E-state index < -0.39 is 12.0 Å². The number of hydrogen-bond acceptors (Lipinski definition) is 14. The maximum Gasteiger partial charge on any atom is 0.317 e. The molecule has 11 rings (SSSR count). The van der Waals surface area contributed by atoms with Gasteiger partial charge in [-0.2, -0.15) is 15.2 Å². The summed E-state index contributed by atoms with van der Waals surface area (Å²) in [4.78, 5) is 85.0. The van der Waals surface area contributed by atoms with Crippen molar-refractivity contribution in [2.75, 3.05) is 95.3 Å². The second-order valence-corrected chi connectivity index (χ2v) is 21.5. The van der Waals surface area contributed by atoms with Crippen molar-refractivity contribution in [3.05, 3.63) is 87.2 Å². The topological polar surface area (TPSA) is 222 Å². The third kappa shape index (κ3) is 10.2. The van der Waals surface area contributed by atoms with E-state index in [1.807, 2.05) is 28.9 Å². The largest absolute Gasteiger partial charge is 0.494 e. The summed E-state index contributed by atoms with van der Waals surface area (Å²) >= 11 is 0. The van der Waals surface area contributed by atoms with Gasteiger partial charge in [-0.25, -0.2) is 18.6 Å². The lowest BCUT2D eigenvalue weighted by Gasteiger charge is -2.44. The van der Waals surface area contributed by atoms with Crippen molar-refractivity contribution in [2.45, 2.75) is 70.9 Å². The monoisotopic (exact) mass is 1100 g/mol. The van der Waals surface area contributed by atoms with Gasteiger partial charge in [0.25, 0.3) is 17.9 Å². The zero-order chi connectivity index (χ0) is 56.1. The van der Waals surface area contributed by atoms with E-state index in [1.165, 1.54) is 18.7 Å². The minimum atomic E-state index is -2.71. The van der Waals surface area contributed by atoms with Gasteiger partial charge in [0.15, 0.2) is 18.2 Å². The number of nitrogens with zero attached hydrogens (tertiary/aromatic N) is 12. The number of nitrogens with one attached hydrogen (secondary N) is 3. The number of likely N-dealkylation sites (N-methyl/N-ethyl adjacent to an activating group) is 1. The highest BCUT2D eigenvalue weighted by Gasteiger charge is 2.42. The Bertz CT molecular complexity index is 3450. The van der Waals surface area contributed by atoms with Crippen LogP contribution in [0.5, 0.6) is 11.5 Å². The summed E-state index contributed by atoms with van der Waals surface area (Å²) in [6.07, 6.45) is 7.09. The van der Waals surface area contributed by atoms with Gasteiger partial charge in [-0.15, -0.1) is 0 Å². The lowest BCUT2D eigenvalue weighted by Crippen LogP contribution is -2.59. The molecule has 0 unspecified atom stereocenters. The third-order valence-electron chi connectivity index (χ3n) is 16.6. The number of pyridine rings is 1. The average Bonchev–Trinajstić information content (AvgIpc) is 4.08. The number of carbonyl (C=O) groups excluding carboxylic acids is 4. The minimum absolute atomic E-state index is 0.00798. The maximum atomic E-state index is 14.8. The Hall–Kier alpha value is -8.31. The highest BCUT2D eigenvalue weighted by Crippen LogP contribution is 2.44. The van der Waals surface area contributed by atoms with Crippen LogP contribution in [-0.4, -0.2) is 153 Å². The zero-order valence-corrected chi connectivity index (χ0v) is 45.9. The number of benzene rings is 2. The summed E-state index contributed by atoms with van der Waals surface area (Å²) < 4.78 is 46.1. The number of aryl methyl sites for hydroxylation is 4. The molecule has 2 aromatic carbocycles. The predicted octanol–water partition coefficient (Wildman–Crippen LogP) is 5.37. The number of fused-ring (bicyclic) bond motifs is 3. The van der Waals surface area contributed by atoms with Gasteiger partial charge in [0.1, 0.15) is 11.6 Å². The van der Waals surface area contributed by atoms with E-state index in [2.05, 4.69) is 40.5 Å². The number of alkyl halides is 2. The fraction of sp³-hybridized carbons (Fsp3) is 0.482. The van der Waals surface area contributed by atoms with E-state index in [9.17, 15) is 32.8 Å². The maximum absolute atomic E-state index is 14.8. The predicted molar refractivity (Wildman–Crippen MR) is 295 cm³/mol. The van der Waals surface area contributed by atoms with Crippen LogP contribution in [0.4, 0.5) is 42.5 Å². The van der Waals surface area contributed by atoms with Crippen LogP contribution >= 0.6 is 0 Å². The second-order valence-electron chi connectivity index (χ2n) is 21.5. The normalized spacial score (nSPS) is 17.1. The summed E-state index contributed by atoms with van der Waals surface area (Å²) in [6, 6.07) is 8.51. The van der Waals surface area contributed by atoms with Gasteiger partial charge >= 0.3 is 6.03 Å². The summed E-state index contributed by atoms with van der Waals surface area (Å²) in [5.41, 5.74) is 6.23. The molecule has 6 aromatic rings. The molecule has 0 aliphatic carbocycles. The van der Waals surface area contributed by atoms with Gasteiger partial charge in [-0.1, -0.05) is 0 Å². The molecule has 80 heavy (non-hydrogen) atoms. The van der Waals surface area contributed by atoms with Crippen molar-refractivity contribution >= 4 is 63.6 Å². The molecule has 5 aliphatic rings. The second kappa shape index (κ2) is 22.1. The number of halogens is 2. The number of piperidine rings is 2. The van der Waals surface area contributed by atoms with Crippen molar-refractivity contribution in [3.63, 3.8) is 0 Å². The van der Waals surface area contributed by atoms with Crippen LogP contribution in [0.25, 0.3) is 22.0 Å². The molecular formula is C56H67F2N15O7. The fourth-order valence-electron chi connectivity index (χ4n) is 12.1. The third-order valence-corrected chi connectivity index (χ3v) is 16.6. The number of anilines is 5. The lowest BCUT2D eigenvalue weighted by molar-refractivity contribution is -0.152. The van der Waals surface area contributed by atoms with Crippen LogP contribution in [0.15, 0.2) is 53.7 Å². The molecule has 9 heterocycles. The Morgan fingerprint density at radius 2 is 1.60 bits per heavy atom. The van der Waals surface area contributed by atoms with Crippen LogP contribution in [0.3, 0.4) is 0 Å². The molecule has 3 N–H and O–H groups in total. The Labute approximate surface area is 461 Å². The lowest BCUT2D eigenvalue weighted by atomic mass is 9.90. The van der Waals surface area contributed by atoms with E-state index >= 15 is 0 Å². The number of rotatable bonds is 13. The van der Waals surface area contributed by atoms with Gasteiger partial charge in [0.2, 0.25) is 17.8 Å². The first-order chi connectivity index (χ1) is 38.6. The zero-order valence-electron chi connectivity index (χ0n) is 45.9. The van der Waals surface area contributed by atoms with Gasteiger partial charge < -0.3 is 54.5 Å². The highest BCUT2D eigenvalue weighted by atomic mass is 19.3. The molecule has 0 bridgehead atoms. The van der Waals surface area contributed by atoms with Crippen molar-refractivity contribution in [2.24, 2.45) is 25.9 Å². The Balaban J connectivity index is 0.707. The van der Waals surface area contributed by atoms with Crippen LogP contribution in [-0.2, 0) is 47.9 Å². The molecule has 5 amide bonds. The SMILES string of the molecule is CNC(=O)COc1cc2cc(Nc3nc(N4CCC(C(=O)N5CC(C(=O)N6CCC(n7nc(N8CCCc9cc(-c%10cnn(C)c%10)c(C(F)F)cc98)c8c7CCN(C(=O)NC)C8)CC6)C5)CC4)ncc3C)cc(OC)c2n(C)c1=O. The number of amides is 5. The van der Waals surface area contributed by atoms with Crippen LogP contribution in [0.2, 0.25) is 0 Å². The van der Waals surface area contributed by atoms with E-state index in [0.29, 0.717) is 148 Å². The average molecular weight is 1100 g/mol. The summed E-state index contributed by atoms with van der Waals surface area (Å²) in [5, 5.41) is 18.8. The van der Waals surface area contributed by atoms with Crippen LogP contribution in [0.1, 0.15) is 72.5 Å². The summed E-state index contributed by atoms with van der Waals surface area (Å²) in [5.74, 6) is 1.56. The molecule has 24 heteroatoms. The number of hydrogen-bond donors (Lipinski definition) is 3. The van der Waals surface area contributed by atoms with Crippen molar-refractivity contribution in [1.82, 2.24) is 59.4 Å². The van der Waals surface area contributed by atoms with Crippen molar-refractivity contribution in [3.8, 4) is 22.6 Å². The van der Waals surface area contributed by atoms with Crippen molar-refractivity contribution < 1.29 is 37.4 Å².